The van der Waals surface area contributed by atoms with Crippen molar-refractivity contribution in [2.75, 3.05) is 6.61 Å². The Hall–Kier alpha value is -0.610. The van der Waals surface area contributed by atoms with E-state index in [0.29, 0.717) is 18.6 Å². The number of rotatable bonds is 5. The predicted octanol–water partition coefficient (Wildman–Crippen LogP) is 4.21. The highest BCUT2D eigenvalue weighted by molar-refractivity contribution is 9.10. The number of alkyl halides is 1. The van der Waals surface area contributed by atoms with E-state index in [0.717, 1.165) is 4.47 Å². The first kappa shape index (κ1) is 14.5. The first-order chi connectivity index (χ1) is 8.04. The van der Waals surface area contributed by atoms with Crippen LogP contribution < -0.4 is 0 Å². The lowest BCUT2D eigenvalue weighted by Gasteiger charge is -2.11. The lowest BCUT2D eigenvalue weighted by molar-refractivity contribution is -0.143. The molecule has 2 nitrogen and oxygen atoms in total. The zero-order chi connectivity index (χ0) is 12.8. The van der Waals surface area contributed by atoms with Gasteiger partial charge in [0.05, 0.1) is 12.0 Å². The second-order valence-corrected chi connectivity index (χ2v) is 4.86. The standard InChI is InChI=1S/C12H13BrClFO2/c1-2-17-12(16)6-5-11(14)9-7-8(15)3-4-10(9)13/h3-4,7,11H,2,5-6H2,1H3. The summed E-state index contributed by atoms with van der Waals surface area (Å²) in [6, 6.07) is 4.32. The summed E-state index contributed by atoms with van der Waals surface area (Å²) in [5.41, 5.74) is 0.649. The molecule has 0 saturated heterocycles. The number of ether oxygens (including phenoxy) is 1. The molecular weight excluding hydrogens is 310 g/mol. The number of esters is 1. The second-order valence-electron chi connectivity index (χ2n) is 3.48. The molecule has 5 heteroatoms. The van der Waals surface area contributed by atoms with Gasteiger partial charge < -0.3 is 4.74 Å². The zero-order valence-corrected chi connectivity index (χ0v) is 11.7. The van der Waals surface area contributed by atoms with Gasteiger partial charge in [0.1, 0.15) is 5.82 Å². The number of hydrogen-bond acceptors (Lipinski definition) is 2. The van der Waals surface area contributed by atoms with Gasteiger partial charge in [0, 0.05) is 10.9 Å². The third-order valence-electron chi connectivity index (χ3n) is 2.20. The van der Waals surface area contributed by atoms with Crippen LogP contribution in [-0.2, 0) is 9.53 Å². The third-order valence-corrected chi connectivity index (χ3v) is 3.38. The molecule has 1 unspecified atom stereocenters. The van der Waals surface area contributed by atoms with E-state index in [9.17, 15) is 9.18 Å². The number of carbonyl (C=O) groups excluding carboxylic acids is 1. The summed E-state index contributed by atoms with van der Waals surface area (Å²) in [5, 5.41) is -0.413. The van der Waals surface area contributed by atoms with E-state index in [-0.39, 0.29) is 18.2 Å². The van der Waals surface area contributed by atoms with Crippen LogP contribution in [0.3, 0.4) is 0 Å². The van der Waals surface area contributed by atoms with Crippen LogP contribution in [0, 0.1) is 5.82 Å². The molecule has 0 radical (unpaired) electrons. The molecule has 0 saturated carbocycles. The first-order valence-corrected chi connectivity index (χ1v) is 6.52. The van der Waals surface area contributed by atoms with Crippen molar-refractivity contribution in [3.05, 3.63) is 34.1 Å². The summed E-state index contributed by atoms with van der Waals surface area (Å²) < 4.78 is 18.6. The number of hydrogen-bond donors (Lipinski definition) is 0. The van der Waals surface area contributed by atoms with Crippen LogP contribution in [0.4, 0.5) is 4.39 Å². The van der Waals surface area contributed by atoms with Crippen molar-refractivity contribution in [3.8, 4) is 0 Å². The molecule has 0 fully saturated rings. The summed E-state index contributed by atoms with van der Waals surface area (Å²) in [6.45, 7) is 2.11. The molecule has 0 N–H and O–H groups in total. The van der Waals surface area contributed by atoms with Crippen molar-refractivity contribution < 1.29 is 13.9 Å². The summed E-state index contributed by atoms with van der Waals surface area (Å²) >= 11 is 9.42. The van der Waals surface area contributed by atoms with Gasteiger partial charge in [-0.3, -0.25) is 4.79 Å². The van der Waals surface area contributed by atoms with Crippen LogP contribution in [-0.4, -0.2) is 12.6 Å². The van der Waals surface area contributed by atoms with Gasteiger partial charge in [-0.25, -0.2) is 4.39 Å². The predicted molar refractivity (Wildman–Crippen MR) is 68.6 cm³/mol. The van der Waals surface area contributed by atoms with Crippen molar-refractivity contribution >= 4 is 33.5 Å². The van der Waals surface area contributed by atoms with Gasteiger partial charge in [0.15, 0.2) is 0 Å². The van der Waals surface area contributed by atoms with E-state index >= 15 is 0 Å². The van der Waals surface area contributed by atoms with E-state index in [1.807, 2.05) is 0 Å². The Bertz CT molecular complexity index is 398. The molecule has 0 bridgehead atoms. The van der Waals surface area contributed by atoms with Crippen molar-refractivity contribution in [3.63, 3.8) is 0 Å². The maximum atomic E-state index is 13.1. The summed E-state index contributed by atoms with van der Waals surface area (Å²) in [7, 11) is 0. The minimum atomic E-state index is -0.413. The van der Waals surface area contributed by atoms with Crippen LogP contribution in [0.15, 0.2) is 22.7 Å². The Labute approximate surface area is 113 Å². The molecular formula is C12H13BrClFO2. The quantitative estimate of drug-likeness (QED) is 0.599. The van der Waals surface area contributed by atoms with Gasteiger partial charge in [0.2, 0.25) is 0 Å². The minimum Gasteiger partial charge on any atom is -0.466 e. The van der Waals surface area contributed by atoms with E-state index < -0.39 is 5.38 Å². The summed E-state index contributed by atoms with van der Waals surface area (Å²) in [4.78, 5) is 11.2. The fourth-order valence-electron chi connectivity index (χ4n) is 1.39. The topological polar surface area (TPSA) is 26.3 Å². The van der Waals surface area contributed by atoms with Crippen LogP contribution in [0.1, 0.15) is 30.7 Å². The third kappa shape index (κ3) is 4.64. The fourth-order valence-corrected chi connectivity index (χ4v) is 2.33. The van der Waals surface area contributed by atoms with Crippen molar-refractivity contribution in [1.82, 2.24) is 0 Å². The molecule has 17 heavy (non-hydrogen) atoms. The first-order valence-electron chi connectivity index (χ1n) is 5.29. The van der Waals surface area contributed by atoms with Crippen LogP contribution in [0.5, 0.6) is 0 Å². The van der Waals surface area contributed by atoms with Crippen molar-refractivity contribution in [2.45, 2.75) is 25.1 Å². The average Bonchev–Trinajstić information content (AvgIpc) is 2.29. The molecule has 0 aromatic heterocycles. The lowest BCUT2D eigenvalue weighted by Crippen LogP contribution is -2.05. The van der Waals surface area contributed by atoms with Crippen LogP contribution in [0.25, 0.3) is 0 Å². The molecule has 1 aromatic rings. The van der Waals surface area contributed by atoms with Gasteiger partial charge in [-0.1, -0.05) is 15.9 Å². The molecule has 94 valence electrons. The van der Waals surface area contributed by atoms with E-state index in [2.05, 4.69) is 15.9 Å². The highest BCUT2D eigenvalue weighted by atomic mass is 79.9. The average molecular weight is 324 g/mol. The maximum Gasteiger partial charge on any atom is 0.305 e. The molecule has 1 atom stereocenters. The fraction of sp³-hybridized carbons (Fsp3) is 0.417. The smallest absolute Gasteiger partial charge is 0.305 e. The van der Waals surface area contributed by atoms with Gasteiger partial charge in [0.25, 0.3) is 0 Å². The Kier molecular flexibility index (Phi) is 5.92. The number of benzene rings is 1. The van der Waals surface area contributed by atoms with E-state index in [1.165, 1.54) is 12.1 Å². The second kappa shape index (κ2) is 6.97. The Morgan fingerprint density at radius 3 is 2.94 bits per heavy atom. The summed E-state index contributed by atoms with van der Waals surface area (Å²) in [5.74, 6) is -0.629. The Morgan fingerprint density at radius 1 is 1.59 bits per heavy atom. The van der Waals surface area contributed by atoms with Gasteiger partial charge in [-0.05, 0) is 37.1 Å². The Morgan fingerprint density at radius 2 is 2.29 bits per heavy atom. The monoisotopic (exact) mass is 322 g/mol. The number of carbonyl (C=O) groups is 1. The Balaban J connectivity index is 2.60. The molecule has 0 aliphatic carbocycles. The van der Waals surface area contributed by atoms with Gasteiger partial charge in [-0.15, -0.1) is 11.6 Å². The minimum absolute atomic E-state index is 0.227. The lowest BCUT2D eigenvalue weighted by atomic mass is 10.1. The normalized spacial score (nSPS) is 12.2. The SMILES string of the molecule is CCOC(=O)CCC(Cl)c1cc(F)ccc1Br. The highest BCUT2D eigenvalue weighted by Crippen LogP contribution is 2.32. The molecule has 0 aliphatic rings. The molecule has 0 heterocycles. The zero-order valence-electron chi connectivity index (χ0n) is 9.38. The van der Waals surface area contributed by atoms with E-state index in [4.69, 9.17) is 16.3 Å². The largest absolute Gasteiger partial charge is 0.466 e. The molecule has 1 rings (SSSR count). The van der Waals surface area contributed by atoms with Crippen LogP contribution in [0.2, 0.25) is 0 Å². The number of halogens is 3. The van der Waals surface area contributed by atoms with Crippen molar-refractivity contribution in [2.24, 2.45) is 0 Å². The summed E-state index contributed by atoms with van der Waals surface area (Å²) in [6.07, 6.45) is 0.646. The molecule has 0 spiro atoms. The van der Waals surface area contributed by atoms with Crippen molar-refractivity contribution in [1.29, 1.82) is 0 Å². The molecule has 0 amide bonds. The molecule has 1 aromatic carbocycles. The van der Waals surface area contributed by atoms with Gasteiger partial charge >= 0.3 is 5.97 Å². The van der Waals surface area contributed by atoms with Crippen LogP contribution >= 0.6 is 27.5 Å². The highest BCUT2D eigenvalue weighted by Gasteiger charge is 2.14. The molecule has 0 aliphatic heterocycles. The van der Waals surface area contributed by atoms with Gasteiger partial charge in [-0.2, -0.15) is 0 Å². The van der Waals surface area contributed by atoms with E-state index in [1.54, 1.807) is 13.0 Å². The maximum absolute atomic E-state index is 13.1.